The molecule has 0 aliphatic rings. The summed E-state index contributed by atoms with van der Waals surface area (Å²) >= 11 is 0. The number of sulfonamides is 1. The lowest BCUT2D eigenvalue weighted by Crippen LogP contribution is -2.35. The van der Waals surface area contributed by atoms with Gasteiger partial charge in [0.15, 0.2) is 6.61 Å². The molecule has 1 unspecified atom stereocenters. The molecule has 0 aliphatic carbocycles. The maximum atomic E-state index is 13.0. The summed E-state index contributed by atoms with van der Waals surface area (Å²) in [5.41, 5.74) is 0. The summed E-state index contributed by atoms with van der Waals surface area (Å²) in [7, 11) is -4.13. The van der Waals surface area contributed by atoms with Crippen LogP contribution < -0.4 is 15.2 Å². The number of hydrogen-bond donors (Lipinski definition) is 2. The molecule has 8 heteroatoms. The van der Waals surface area contributed by atoms with E-state index in [0.29, 0.717) is 0 Å². The summed E-state index contributed by atoms with van der Waals surface area (Å²) in [6.45, 7) is 3.36. The van der Waals surface area contributed by atoms with Gasteiger partial charge in [0.2, 0.25) is 10.0 Å². The van der Waals surface area contributed by atoms with E-state index in [9.17, 15) is 17.6 Å². The van der Waals surface area contributed by atoms with Gasteiger partial charge >= 0.3 is 0 Å². The van der Waals surface area contributed by atoms with Gasteiger partial charge in [-0.25, -0.2) is 17.9 Å². The van der Waals surface area contributed by atoms with Gasteiger partial charge in [0, 0.05) is 6.04 Å². The number of amides is 1. The van der Waals surface area contributed by atoms with Crippen LogP contribution >= 0.6 is 0 Å². The smallest absolute Gasteiger partial charge is 0.258 e. The number of nitrogens with two attached hydrogens (primary N) is 1. The van der Waals surface area contributed by atoms with Gasteiger partial charge in [0.25, 0.3) is 5.91 Å². The quantitative estimate of drug-likeness (QED) is 0.811. The van der Waals surface area contributed by atoms with Gasteiger partial charge in [-0.1, -0.05) is 6.92 Å². The van der Waals surface area contributed by atoms with Crippen molar-refractivity contribution >= 4 is 15.9 Å². The second kappa shape index (κ2) is 6.67. The van der Waals surface area contributed by atoms with Crippen LogP contribution in [0, 0.1) is 5.82 Å². The standard InChI is InChI=1S/C12H17FN2O4S/c1-3-8(2)15-12(16)7-19-10-5-4-9(13)6-11(10)20(14,17)18/h4-6,8H,3,7H2,1-2H3,(H,15,16)(H2,14,17,18). The number of carbonyl (C=O) groups excluding carboxylic acids is 1. The van der Waals surface area contributed by atoms with Crippen molar-refractivity contribution in [2.45, 2.75) is 31.2 Å². The third kappa shape index (κ3) is 4.78. The molecule has 0 radical (unpaired) electrons. The summed E-state index contributed by atoms with van der Waals surface area (Å²) < 4.78 is 40.7. The SMILES string of the molecule is CCC(C)NC(=O)COc1ccc(F)cc1S(N)(=O)=O. The van der Waals surface area contributed by atoms with Crippen LogP contribution in [0.1, 0.15) is 20.3 Å². The number of primary sulfonamides is 1. The number of nitrogens with one attached hydrogen (secondary N) is 1. The highest BCUT2D eigenvalue weighted by atomic mass is 32.2. The molecule has 0 saturated heterocycles. The largest absolute Gasteiger partial charge is 0.482 e. The van der Waals surface area contributed by atoms with Gasteiger partial charge in [-0.05, 0) is 31.5 Å². The second-order valence-corrected chi connectivity index (χ2v) is 5.83. The van der Waals surface area contributed by atoms with Crippen LogP contribution in [0.15, 0.2) is 23.1 Å². The average Bonchev–Trinajstić information content (AvgIpc) is 2.36. The van der Waals surface area contributed by atoms with Crippen molar-refractivity contribution in [1.82, 2.24) is 5.32 Å². The van der Waals surface area contributed by atoms with E-state index in [1.54, 1.807) is 0 Å². The van der Waals surface area contributed by atoms with Crippen molar-refractivity contribution in [3.8, 4) is 5.75 Å². The van der Waals surface area contributed by atoms with Crippen molar-refractivity contribution in [2.75, 3.05) is 6.61 Å². The van der Waals surface area contributed by atoms with Crippen LogP contribution in [-0.4, -0.2) is 27.0 Å². The van der Waals surface area contributed by atoms with Gasteiger partial charge in [0.1, 0.15) is 16.5 Å². The zero-order valence-corrected chi connectivity index (χ0v) is 12.0. The van der Waals surface area contributed by atoms with E-state index in [-0.39, 0.29) is 18.4 Å². The fourth-order valence-corrected chi connectivity index (χ4v) is 2.07. The lowest BCUT2D eigenvalue weighted by molar-refractivity contribution is -0.123. The Bertz CT molecular complexity index is 589. The maximum Gasteiger partial charge on any atom is 0.258 e. The number of benzene rings is 1. The number of hydrogen-bond acceptors (Lipinski definition) is 4. The molecule has 0 bridgehead atoms. The highest BCUT2D eigenvalue weighted by molar-refractivity contribution is 7.89. The molecule has 1 aromatic rings. The first-order valence-electron chi connectivity index (χ1n) is 5.98. The Balaban J connectivity index is 2.81. The van der Waals surface area contributed by atoms with Gasteiger partial charge < -0.3 is 10.1 Å². The minimum atomic E-state index is -4.13. The minimum Gasteiger partial charge on any atom is -0.482 e. The molecule has 0 heterocycles. The lowest BCUT2D eigenvalue weighted by Gasteiger charge is -2.13. The minimum absolute atomic E-state index is 0.0166. The number of carbonyl (C=O) groups is 1. The topological polar surface area (TPSA) is 98.5 Å². The Hall–Kier alpha value is -1.67. The third-order valence-corrected chi connectivity index (χ3v) is 3.52. The van der Waals surface area contributed by atoms with Crippen molar-refractivity contribution in [1.29, 1.82) is 0 Å². The molecule has 0 fully saturated rings. The molecule has 3 N–H and O–H groups in total. The van der Waals surface area contributed by atoms with E-state index >= 15 is 0 Å². The van der Waals surface area contributed by atoms with Crippen molar-refractivity contribution in [3.63, 3.8) is 0 Å². The Kier molecular flexibility index (Phi) is 5.46. The zero-order valence-electron chi connectivity index (χ0n) is 11.2. The molecule has 112 valence electrons. The first-order chi connectivity index (χ1) is 9.24. The van der Waals surface area contributed by atoms with Crippen LogP contribution in [0.4, 0.5) is 4.39 Å². The third-order valence-electron chi connectivity index (χ3n) is 2.59. The fraction of sp³-hybridized carbons (Fsp3) is 0.417. The molecule has 20 heavy (non-hydrogen) atoms. The normalized spacial score (nSPS) is 12.8. The number of ether oxygens (including phenoxy) is 1. The maximum absolute atomic E-state index is 13.0. The zero-order chi connectivity index (χ0) is 15.3. The first kappa shape index (κ1) is 16.4. The molecule has 0 spiro atoms. The first-order valence-corrected chi connectivity index (χ1v) is 7.53. The van der Waals surface area contributed by atoms with Crippen LogP contribution in [0.5, 0.6) is 5.75 Å². The Morgan fingerprint density at radius 1 is 1.50 bits per heavy atom. The molecule has 1 amide bonds. The summed E-state index contributed by atoms with van der Waals surface area (Å²) in [4.78, 5) is 11.0. The van der Waals surface area contributed by atoms with E-state index in [0.717, 1.165) is 24.6 Å². The molecule has 0 saturated carbocycles. The van der Waals surface area contributed by atoms with E-state index < -0.39 is 26.6 Å². The number of halogens is 1. The second-order valence-electron chi connectivity index (χ2n) is 4.30. The predicted molar refractivity (Wildman–Crippen MR) is 71.2 cm³/mol. The van der Waals surface area contributed by atoms with E-state index in [2.05, 4.69) is 5.32 Å². The Morgan fingerprint density at radius 3 is 2.70 bits per heavy atom. The summed E-state index contributed by atoms with van der Waals surface area (Å²) in [6.07, 6.45) is 0.755. The molecule has 6 nitrogen and oxygen atoms in total. The monoisotopic (exact) mass is 304 g/mol. The Morgan fingerprint density at radius 2 is 2.15 bits per heavy atom. The molecular weight excluding hydrogens is 287 g/mol. The van der Waals surface area contributed by atoms with Gasteiger partial charge in [-0.2, -0.15) is 0 Å². The molecule has 1 rings (SSSR count). The molecule has 1 aromatic carbocycles. The summed E-state index contributed by atoms with van der Waals surface area (Å²) in [5.74, 6) is -1.32. The van der Waals surface area contributed by atoms with Crippen LogP contribution in [0.3, 0.4) is 0 Å². The van der Waals surface area contributed by atoms with Crippen LogP contribution in [0.25, 0.3) is 0 Å². The van der Waals surface area contributed by atoms with E-state index in [4.69, 9.17) is 9.88 Å². The summed E-state index contributed by atoms with van der Waals surface area (Å²) in [6, 6.07) is 2.87. The molecular formula is C12H17FN2O4S. The molecule has 1 atom stereocenters. The average molecular weight is 304 g/mol. The highest BCUT2D eigenvalue weighted by Gasteiger charge is 2.17. The van der Waals surface area contributed by atoms with Gasteiger partial charge in [0.05, 0.1) is 0 Å². The lowest BCUT2D eigenvalue weighted by atomic mass is 10.2. The molecule has 0 aromatic heterocycles. The van der Waals surface area contributed by atoms with E-state index in [1.807, 2.05) is 13.8 Å². The van der Waals surface area contributed by atoms with E-state index in [1.165, 1.54) is 0 Å². The predicted octanol–water partition coefficient (Wildman–Crippen LogP) is 0.767. The van der Waals surface area contributed by atoms with Crippen molar-refractivity contribution in [2.24, 2.45) is 5.14 Å². The van der Waals surface area contributed by atoms with Crippen LogP contribution in [0.2, 0.25) is 0 Å². The fourth-order valence-electron chi connectivity index (χ4n) is 1.39. The molecule has 0 aliphatic heterocycles. The highest BCUT2D eigenvalue weighted by Crippen LogP contribution is 2.23. The van der Waals surface area contributed by atoms with Crippen LogP contribution in [-0.2, 0) is 14.8 Å². The van der Waals surface area contributed by atoms with Gasteiger partial charge in [-0.3, -0.25) is 4.79 Å². The Labute approximate surface area is 117 Å². The van der Waals surface area contributed by atoms with Gasteiger partial charge in [-0.15, -0.1) is 0 Å². The summed E-state index contributed by atoms with van der Waals surface area (Å²) in [5, 5.41) is 7.61. The number of rotatable bonds is 6. The van der Waals surface area contributed by atoms with Crippen molar-refractivity contribution in [3.05, 3.63) is 24.0 Å². The van der Waals surface area contributed by atoms with Crippen molar-refractivity contribution < 1.29 is 22.3 Å².